The minimum absolute atomic E-state index is 0.00157. The lowest BCUT2D eigenvalue weighted by atomic mass is 10.1. The third kappa shape index (κ3) is 7.08. The molecule has 10 heteroatoms. The minimum Gasteiger partial charge on any atom is -0.392 e. The number of carbonyl (C=O) groups is 1. The van der Waals surface area contributed by atoms with Gasteiger partial charge in [0.25, 0.3) is 0 Å². The largest absolute Gasteiger partial charge is 0.416 e. The van der Waals surface area contributed by atoms with Crippen molar-refractivity contribution in [3.8, 4) is 0 Å². The van der Waals surface area contributed by atoms with E-state index in [1.165, 1.54) is 12.1 Å². The Morgan fingerprint density at radius 2 is 1.27 bits per heavy atom. The summed E-state index contributed by atoms with van der Waals surface area (Å²) in [5, 5.41) is 8.66. The Balaban J connectivity index is 0.000000260. The fraction of sp³-hybridized carbons (Fsp3) is 0.188. The van der Waals surface area contributed by atoms with Gasteiger partial charge in [0.05, 0.1) is 17.7 Å². The second-order valence-electron chi connectivity index (χ2n) is 4.89. The van der Waals surface area contributed by atoms with E-state index in [1.807, 2.05) is 0 Å². The summed E-state index contributed by atoms with van der Waals surface area (Å²) in [6, 6.07) is 6.38. The Hall–Kier alpha value is -1.39. The van der Waals surface area contributed by atoms with Gasteiger partial charge >= 0.3 is 12.4 Å². The molecule has 0 atom stereocenters. The average molecular weight is 508 g/mol. The molecule has 0 saturated carbocycles. The number of hydrogen-bond donors (Lipinski definition) is 1. The van der Waals surface area contributed by atoms with Gasteiger partial charge in [0.1, 0.15) is 6.29 Å². The van der Waals surface area contributed by atoms with Crippen molar-refractivity contribution < 1.29 is 36.2 Å². The van der Waals surface area contributed by atoms with Crippen molar-refractivity contribution in [1.29, 1.82) is 0 Å². The lowest BCUT2D eigenvalue weighted by molar-refractivity contribution is -0.138. The maximum atomic E-state index is 12.2. The fourth-order valence-electron chi connectivity index (χ4n) is 1.75. The topological polar surface area (TPSA) is 37.3 Å². The first kappa shape index (κ1) is 22.7. The van der Waals surface area contributed by atoms with E-state index in [2.05, 4.69) is 31.9 Å². The van der Waals surface area contributed by atoms with Crippen LogP contribution in [0.1, 0.15) is 27.0 Å². The van der Waals surface area contributed by atoms with Gasteiger partial charge in [0, 0.05) is 14.5 Å². The van der Waals surface area contributed by atoms with Crippen LogP contribution in [0.2, 0.25) is 0 Å². The molecule has 2 nitrogen and oxygen atoms in total. The molecule has 1 N–H and O–H groups in total. The predicted molar refractivity (Wildman–Crippen MR) is 89.6 cm³/mol. The van der Waals surface area contributed by atoms with Crippen molar-refractivity contribution in [2.75, 3.05) is 0 Å². The Kier molecular flexibility index (Phi) is 7.85. The Morgan fingerprint density at radius 3 is 1.69 bits per heavy atom. The molecule has 142 valence electrons. The minimum atomic E-state index is -4.42. The molecule has 0 radical (unpaired) electrons. The molecule has 0 saturated heterocycles. The molecule has 2 rings (SSSR count). The Bertz CT molecular complexity index is 772. The van der Waals surface area contributed by atoms with Gasteiger partial charge in [-0.15, -0.1) is 0 Å². The monoisotopic (exact) mass is 506 g/mol. The van der Waals surface area contributed by atoms with Crippen molar-refractivity contribution >= 4 is 38.1 Å². The number of alkyl halides is 6. The smallest absolute Gasteiger partial charge is 0.392 e. The van der Waals surface area contributed by atoms with Crippen LogP contribution in [0.25, 0.3) is 0 Å². The van der Waals surface area contributed by atoms with E-state index in [0.29, 0.717) is 10.8 Å². The van der Waals surface area contributed by atoms with E-state index < -0.39 is 30.1 Å². The van der Waals surface area contributed by atoms with Gasteiger partial charge in [0.2, 0.25) is 0 Å². The summed E-state index contributed by atoms with van der Waals surface area (Å²) < 4.78 is 73.5. The second-order valence-corrected chi connectivity index (χ2v) is 6.72. The van der Waals surface area contributed by atoms with Crippen LogP contribution < -0.4 is 0 Å². The first-order chi connectivity index (χ1) is 11.9. The summed E-state index contributed by atoms with van der Waals surface area (Å²) >= 11 is 5.82. The summed E-state index contributed by atoms with van der Waals surface area (Å²) in [5.74, 6) is 0. The summed E-state index contributed by atoms with van der Waals surface area (Å²) in [6.45, 7) is -0.400. The summed E-state index contributed by atoms with van der Waals surface area (Å²) in [7, 11) is 0. The molecule has 0 heterocycles. The van der Waals surface area contributed by atoms with Crippen LogP contribution in [0, 0.1) is 0 Å². The van der Waals surface area contributed by atoms with Gasteiger partial charge in [-0.3, -0.25) is 4.79 Å². The van der Waals surface area contributed by atoms with E-state index in [1.54, 1.807) is 0 Å². The van der Waals surface area contributed by atoms with Crippen LogP contribution in [0.4, 0.5) is 26.3 Å². The highest BCUT2D eigenvalue weighted by atomic mass is 79.9. The number of halogens is 8. The normalized spacial score (nSPS) is 11.6. The highest BCUT2D eigenvalue weighted by Gasteiger charge is 2.31. The number of aldehydes is 1. The number of carbonyl (C=O) groups excluding carboxylic acids is 1. The third-order valence-electron chi connectivity index (χ3n) is 2.85. The molecule has 0 fully saturated rings. The molecule has 0 aliphatic carbocycles. The molecule has 0 bridgehead atoms. The van der Waals surface area contributed by atoms with E-state index in [-0.39, 0.29) is 15.6 Å². The SMILES string of the molecule is O=Cc1cc(Br)cc(C(F)(F)F)c1.OCc1cc(Br)cc(C(F)(F)F)c1. The Morgan fingerprint density at radius 1 is 0.808 bits per heavy atom. The first-order valence-electron chi connectivity index (χ1n) is 6.67. The molecule has 0 unspecified atom stereocenters. The van der Waals surface area contributed by atoms with E-state index in [4.69, 9.17) is 5.11 Å². The molecular formula is C16H10Br2F6O2. The summed E-state index contributed by atoms with van der Waals surface area (Å²) in [6.07, 6.45) is -8.41. The molecule has 0 aliphatic heterocycles. The van der Waals surface area contributed by atoms with Crippen LogP contribution in [-0.2, 0) is 19.0 Å². The van der Waals surface area contributed by atoms with Gasteiger partial charge in [-0.1, -0.05) is 31.9 Å². The molecule has 2 aromatic rings. The van der Waals surface area contributed by atoms with Crippen LogP contribution in [-0.4, -0.2) is 11.4 Å². The van der Waals surface area contributed by atoms with E-state index in [0.717, 1.165) is 24.3 Å². The van der Waals surface area contributed by atoms with E-state index >= 15 is 0 Å². The second kappa shape index (κ2) is 9.01. The molecule has 0 aromatic heterocycles. The molecule has 0 amide bonds. The zero-order valence-corrected chi connectivity index (χ0v) is 15.8. The average Bonchev–Trinajstić information content (AvgIpc) is 2.52. The lowest BCUT2D eigenvalue weighted by Crippen LogP contribution is -2.05. The Labute approximate surface area is 161 Å². The highest BCUT2D eigenvalue weighted by molar-refractivity contribution is 9.10. The summed E-state index contributed by atoms with van der Waals surface area (Å²) in [4.78, 5) is 10.2. The first-order valence-corrected chi connectivity index (χ1v) is 8.26. The molecule has 0 spiro atoms. The van der Waals surface area contributed by atoms with Gasteiger partial charge in [-0.05, 0) is 42.0 Å². The number of aliphatic hydroxyl groups is 1. The van der Waals surface area contributed by atoms with Crippen LogP contribution in [0.3, 0.4) is 0 Å². The fourth-order valence-corrected chi connectivity index (χ4v) is 2.80. The maximum Gasteiger partial charge on any atom is 0.416 e. The maximum absolute atomic E-state index is 12.2. The van der Waals surface area contributed by atoms with Crippen molar-refractivity contribution in [3.05, 3.63) is 67.6 Å². The quantitative estimate of drug-likeness (QED) is 0.386. The number of benzene rings is 2. The zero-order chi connectivity index (χ0) is 20.1. The molecular weight excluding hydrogens is 498 g/mol. The third-order valence-corrected chi connectivity index (χ3v) is 3.77. The highest BCUT2D eigenvalue weighted by Crippen LogP contribution is 2.32. The van der Waals surface area contributed by atoms with Gasteiger partial charge in [-0.2, -0.15) is 26.3 Å². The zero-order valence-electron chi connectivity index (χ0n) is 12.6. The molecule has 26 heavy (non-hydrogen) atoms. The van der Waals surface area contributed by atoms with Crippen molar-refractivity contribution in [2.45, 2.75) is 19.0 Å². The van der Waals surface area contributed by atoms with Crippen molar-refractivity contribution in [2.24, 2.45) is 0 Å². The van der Waals surface area contributed by atoms with Crippen molar-refractivity contribution in [1.82, 2.24) is 0 Å². The lowest BCUT2D eigenvalue weighted by Gasteiger charge is -2.08. The number of hydrogen-bond acceptors (Lipinski definition) is 2. The van der Waals surface area contributed by atoms with Crippen LogP contribution in [0.15, 0.2) is 45.3 Å². The van der Waals surface area contributed by atoms with Crippen LogP contribution >= 0.6 is 31.9 Å². The van der Waals surface area contributed by atoms with Crippen molar-refractivity contribution in [3.63, 3.8) is 0 Å². The van der Waals surface area contributed by atoms with E-state index in [9.17, 15) is 31.1 Å². The molecule has 0 aliphatic rings. The predicted octanol–water partition coefficient (Wildman–Crippen LogP) is 6.24. The van der Waals surface area contributed by atoms with Crippen LogP contribution in [0.5, 0.6) is 0 Å². The summed E-state index contributed by atoms with van der Waals surface area (Å²) in [5.41, 5.74) is -1.35. The standard InChI is InChI=1S/C8H6BrF3O.C8H4BrF3O/c2*9-7-2-5(4-13)1-6(3-7)8(10,11)12/h1-3,13H,4H2;1-4H. The van der Waals surface area contributed by atoms with Gasteiger partial charge in [-0.25, -0.2) is 0 Å². The number of rotatable bonds is 2. The van der Waals surface area contributed by atoms with Gasteiger partial charge < -0.3 is 5.11 Å². The molecule has 2 aromatic carbocycles. The number of aliphatic hydroxyl groups excluding tert-OH is 1. The van der Waals surface area contributed by atoms with Gasteiger partial charge in [0.15, 0.2) is 0 Å².